The molecule has 0 fully saturated rings. The molecule has 1 amide bonds. The fraction of sp³-hybridized carbons (Fsp3) is 0.125. The fourth-order valence-corrected chi connectivity index (χ4v) is 2.22. The monoisotopic (exact) mass is 371 g/mol. The highest BCUT2D eigenvalue weighted by atomic mass is 35.5. The lowest BCUT2D eigenvalue weighted by Gasteiger charge is -2.08. The van der Waals surface area contributed by atoms with Gasteiger partial charge in [0.05, 0.1) is 22.7 Å². The summed E-state index contributed by atoms with van der Waals surface area (Å²) in [5, 5.41) is 2.25. The number of carbonyl (C=O) groups excluding carboxylic acids is 2. The van der Waals surface area contributed by atoms with E-state index < -0.39 is 24.3 Å². The highest BCUT2D eigenvalue weighted by molar-refractivity contribution is 6.36. The number of esters is 1. The summed E-state index contributed by atoms with van der Waals surface area (Å²) in [6, 6.07) is 8.53. The Morgan fingerprint density at radius 2 is 1.79 bits per heavy atom. The van der Waals surface area contributed by atoms with Crippen LogP contribution >= 0.6 is 23.2 Å². The van der Waals surface area contributed by atoms with Crippen LogP contribution in [-0.2, 0) is 9.53 Å². The molecule has 2 aromatic rings. The summed E-state index contributed by atoms with van der Waals surface area (Å²) in [6.45, 7) is -0.550. The molecule has 126 valence electrons. The van der Waals surface area contributed by atoms with Gasteiger partial charge in [0, 0.05) is 5.69 Å². The lowest BCUT2D eigenvalue weighted by atomic mass is 10.2. The summed E-state index contributed by atoms with van der Waals surface area (Å²) in [5.41, 5.74) is 0.295. The number of nitrogens with one attached hydrogen (secondary N) is 1. The van der Waals surface area contributed by atoms with Crippen LogP contribution in [0.1, 0.15) is 10.4 Å². The first kappa shape index (κ1) is 18.0. The molecule has 0 saturated carbocycles. The van der Waals surface area contributed by atoms with Gasteiger partial charge >= 0.3 is 5.97 Å². The van der Waals surface area contributed by atoms with Crippen molar-refractivity contribution < 1.29 is 23.5 Å². The van der Waals surface area contributed by atoms with Crippen molar-refractivity contribution in [3.63, 3.8) is 0 Å². The third-order valence-corrected chi connectivity index (χ3v) is 3.54. The topological polar surface area (TPSA) is 64.6 Å². The fourth-order valence-electron chi connectivity index (χ4n) is 1.76. The highest BCUT2D eigenvalue weighted by Crippen LogP contribution is 2.25. The number of anilines is 1. The van der Waals surface area contributed by atoms with Gasteiger partial charge in [0.2, 0.25) is 0 Å². The number of rotatable bonds is 5. The molecular weight excluding hydrogens is 360 g/mol. The van der Waals surface area contributed by atoms with E-state index in [1.807, 2.05) is 0 Å². The first-order chi connectivity index (χ1) is 11.4. The van der Waals surface area contributed by atoms with Crippen LogP contribution in [0.5, 0.6) is 5.75 Å². The van der Waals surface area contributed by atoms with Crippen molar-refractivity contribution in [2.75, 3.05) is 19.0 Å². The number of halogens is 3. The summed E-state index contributed by atoms with van der Waals surface area (Å²) in [7, 11) is 1.53. The zero-order valence-electron chi connectivity index (χ0n) is 12.4. The minimum absolute atomic E-state index is 0.0676. The van der Waals surface area contributed by atoms with E-state index in [9.17, 15) is 14.0 Å². The van der Waals surface area contributed by atoms with Gasteiger partial charge < -0.3 is 14.8 Å². The second-order valence-corrected chi connectivity index (χ2v) is 5.41. The molecule has 5 nitrogen and oxygen atoms in total. The summed E-state index contributed by atoms with van der Waals surface area (Å²) in [6.07, 6.45) is 0. The van der Waals surface area contributed by atoms with Crippen LogP contribution in [0.3, 0.4) is 0 Å². The van der Waals surface area contributed by atoms with Crippen molar-refractivity contribution in [1.29, 1.82) is 0 Å². The van der Waals surface area contributed by atoms with Gasteiger partial charge in [0.1, 0.15) is 11.6 Å². The smallest absolute Gasteiger partial charge is 0.340 e. The zero-order chi connectivity index (χ0) is 17.7. The maximum atomic E-state index is 13.4. The SMILES string of the molecule is COc1ccc(NC(=O)COC(=O)c2cc(F)c(Cl)cc2Cl)cc1. The van der Waals surface area contributed by atoms with Crippen LogP contribution in [0.25, 0.3) is 0 Å². The molecule has 0 bridgehead atoms. The lowest BCUT2D eigenvalue weighted by molar-refractivity contribution is -0.119. The number of amides is 1. The van der Waals surface area contributed by atoms with Crippen LogP contribution in [0, 0.1) is 5.82 Å². The van der Waals surface area contributed by atoms with E-state index >= 15 is 0 Å². The van der Waals surface area contributed by atoms with E-state index in [-0.39, 0.29) is 15.6 Å². The predicted molar refractivity (Wildman–Crippen MR) is 88.3 cm³/mol. The zero-order valence-corrected chi connectivity index (χ0v) is 13.9. The van der Waals surface area contributed by atoms with E-state index in [1.165, 1.54) is 7.11 Å². The molecule has 0 aliphatic carbocycles. The minimum Gasteiger partial charge on any atom is -0.497 e. The van der Waals surface area contributed by atoms with Gasteiger partial charge in [-0.2, -0.15) is 0 Å². The maximum absolute atomic E-state index is 13.4. The van der Waals surface area contributed by atoms with Crippen LogP contribution in [0.4, 0.5) is 10.1 Å². The maximum Gasteiger partial charge on any atom is 0.340 e. The Hall–Kier alpha value is -2.31. The molecule has 0 spiro atoms. The van der Waals surface area contributed by atoms with Crippen molar-refractivity contribution in [3.8, 4) is 5.75 Å². The largest absolute Gasteiger partial charge is 0.497 e. The van der Waals surface area contributed by atoms with Gasteiger partial charge in [-0.05, 0) is 36.4 Å². The number of methoxy groups -OCH3 is 1. The molecule has 0 unspecified atom stereocenters. The second-order valence-electron chi connectivity index (χ2n) is 4.60. The van der Waals surface area contributed by atoms with E-state index in [1.54, 1.807) is 24.3 Å². The predicted octanol–water partition coefficient (Wildman–Crippen LogP) is 3.94. The quantitative estimate of drug-likeness (QED) is 0.638. The van der Waals surface area contributed by atoms with Crippen molar-refractivity contribution in [3.05, 3.63) is 57.8 Å². The van der Waals surface area contributed by atoms with Gasteiger partial charge in [-0.15, -0.1) is 0 Å². The molecule has 0 saturated heterocycles. The van der Waals surface area contributed by atoms with Crippen LogP contribution in [0.15, 0.2) is 36.4 Å². The summed E-state index contributed by atoms with van der Waals surface area (Å²) in [5.74, 6) is -1.66. The molecule has 8 heteroatoms. The Labute approximate surface area is 147 Å². The Balaban J connectivity index is 1.93. The standard InChI is InChI=1S/C16H12Cl2FNO4/c1-23-10-4-2-9(3-5-10)20-15(21)8-24-16(22)11-6-14(19)13(18)7-12(11)17/h2-7H,8H2,1H3,(H,20,21). The van der Waals surface area contributed by atoms with E-state index in [0.717, 1.165) is 12.1 Å². The van der Waals surface area contributed by atoms with E-state index in [2.05, 4.69) is 5.32 Å². The third kappa shape index (κ3) is 4.59. The number of hydrogen-bond acceptors (Lipinski definition) is 4. The van der Waals surface area contributed by atoms with Crippen LogP contribution in [0.2, 0.25) is 10.0 Å². The molecule has 0 heterocycles. The molecule has 0 aromatic heterocycles. The number of benzene rings is 2. The average Bonchev–Trinajstić information content (AvgIpc) is 2.56. The van der Waals surface area contributed by atoms with Crippen LogP contribution in [-0.4, -0.2) is 25.6 Å². The second kappa shape index (κ2) is 7.99. The average molecular weight is 372 g/mol. The molecular formula is C16H12Cl2FNO4. The Morgan fingerprint density at radius 3 is 2.42 bits per heavy atom. The van der Waals surface area contributed by atoms with Gasteiger partial charge in [-0.25, -0.2) is 9.18 Å². The van der Waals surface area contributed by atoms with Gasteiger partial charge in [0.15, 0.2) is 6.61 Å². The number of ether oxygens (including phenoxy) is 2. The van der Waals surface area contributed by atoms with Crippen LogP contribution < -0.4 is 10.1 Å². The molecule has 0 radical (unpaired) electrons. The number of carbonyl (C=O) groups is 2. The van der Waals surface area contributed by atoms with Gasteiger partial charge in [-0.1, -0.05) is 23.2 Å². The van der Waals surface area contributed by atoms with Crippen molar-refractivity contribution in [1.82, 2.24) is 0 Å². The minimum atomic E-state index is -0.930. The lowest BCUT2D eigenvalue weighted by Crippen LogP contribution is -2.21. The van der Waals surface area contributed by atoms with Crippen molar-refractivity contribution in [2.24, 2.45) is 0 Å². The molecule has 24 heavy (non-hydrogen) atoms. The van der Waals surface area contributed by atoms with E-state index in [0.29, 0.717) is 11.4 Å². The van der Waals surface area contributed by atoms with E-state index in [4.69, 9.17) is 32.7 Å². The third-order valence-electron chi connectivity index (χ3n) is 2.94. The van der Waals surface area contributed by atoms with Gasteiger partial charge in [-0.3, -0.25) is 4.79 Å². The number of hydrogen-bond donors (Lipinski definition) is 1. The normalized spacial score (nSPS) is 10.2. The van der Waals surface area contributed by atoms with Crippen molar-refractivity contribution in [2.45, 2.75) is 0 Å². The molecule has 2 rings (SSSR count). The molecule has 1 N–H and O–H groups in total. The summed E-state index contributed by atoms with van der Waals surface area (Å²) < 4.78 is 23.2. The Bertz CT molecular complexity index is 765. The molecule has 0 aliphatic rings. The summed E-state index contributed by atoms with van der Waals surface area (Å²) >= 11 is 11.4. The Kier molecular flexibility index (Phi) is 6.00. The van der Waals surface area contributed by atoms with Crippen molar-refractivity contribution >= 4 is 40.8 Å². The first-order valence-electron chi connectivity index (χ1n) is 6.66. The summed E-state index contributed by atoms with van der Waals surface area (Å²) in [4.78, 5) is 23.6. The molecule has 2 aromatic carbocycles. The first-order valence-corrected chi connectivity index (χ1v) is 7.42. The highest BCUT2D eigenvalue weighted by Gasteiger charge is 2.17. The Morgan fingerprint density at radius 1 is 1.12 bits per heavy atom. The molecule has 0 atom stereocenters. The van der Waals surface area contributed by atoms with Gasteiger partial charge in [0.25, 0.3) is 5.91 Å². The molecule has 0 aliphatic heterocycles.